The van der Waals surface area contributed by atoms with E-state index >= 15 is 0 Å². The highest BCUT2D eigenvalue weighted by Gasteiger charge is 2.16. The molecule has 2 rings (SSSR count). The number of fused-ring (bicyclic) bond motifs is 1. The minimum absolute atomic E-state index is 0.888. The van der Waals surface area contributed by atoms with Gasteiger partial charge in [0.1, 0.15) is 0 Å². The van der Waals surface area contributed by atoms with Crippen molar-refractivity contribution in [3.63, 3.8) is 0 Å². The highest BCUT2D eigenvalue weighted by molar-refractivity contribution is 5.61. The van der Waals surface area contributed by atoms with Crippen LogP contribution in [0.1, 0.15) is 18.4 Å². The van der Waals surface area contributed by atoms with Gasteiger partial charge in [0.15, 0.2) is 0 Å². The first kappa shape index (κ1) is 12.2. The Kier molecular flexibility index (Phi) is 3.89. The summed E-state index contributed by atoms with van der Waals surface area (Å²) in [5.74, 6) is 0. The molecule has 0 unspecified atom stereocenters. The minimum Gasteiger partial charge on any atom is -0.399 e. The van der Waals surface area contributed by atoms with E-state index in [0.717, 1.165) is 18.8 Å². The highest BCUT2D eigenvalue weighted by atomic mass is 15.1. The van der Waals surface area contributed by atoms with Crippen LogP contribution in [0.15, 0.2) is 18.2 Å². The number of nitrogen functional groups attached to an aromatic ring is 1. The van der Waals surface area contributed by atoms with Crippen molar-refractivity contribution in [2.24, 2.45) is 0 Å². The summed E-state index contributed by atoms with van der Waals surface area (Å²) in [4.78, 5) is 4.75. The van der Waals surface area contributed by atoms with Crippen LogP contribution in [-0.4, -0.2) is 38.6 Å². The molecule has 0 saturated heterocycles. The fourth-order valence-electron chi connectivity index (χ4n) is 2.51. The van der Waals surface area contributed by atoms with Gasteiger partial charge in [0, 0.05) is 24.5 Å². The van der Waals surface area contributed by atoms with Gasteiger partial charge in [0.05, 0.1) is 0 Å². The Bertz CT molecular complexity index is 374. The molecule has 1 heterocycles. The molecule has 1 aliphatic heterocycles. The van der Waals surface area contributed by atoms with Crippen LogP contribution in [0.5, 0.6) is 0 Å². The fraction of sp³-hybridized carbons (Fsp3) is 0.571. The Balaban J connectivity index is 2.02. The summed E-state index contributed by atoms with van der Waals surface area (Å²) in [6.45, 7) is 3.49. The van der Waals surface area contributed by atoms with Crippen molar-refractivity contribution in [2.75, 3.05) is 44.4 Å². The maximum absolute atomic E-state index is 5.84. The number of aryl methyl sites for hydroxylation is 1. The number of hydrogen-bond acceptors (Lipinski definition) is 3. The quantitative estimate of drug-likeness (QED) is 0.807. The highest BCUT2D eigenvalue weighted by Crippen LogP contribution is 2.28. The molecular weight excluding hydrogens is 210 g/mol. The molecule has 0 radical (unpaired) electrons. The van der Waals surface area contributed by atoms with Crippen LogP contribution in [0.25, 0.3) is 0 Å². The van der Waals surface area contributed by atoms with E-state index in [0.29, 0.717) is 0 Å². The summed E-state index contributed by atoms with van der Waals surface area (Å²) in [6.07, 6.45) is 3.64. The van der Waals surface area contributed by atoms with E-state index in [2.05, 4.69) is 36.0 Å². The third kappa shape index (κ3) is 3.13. The van der Waals surface area contributed by atoms with Gasteiger partial charge in [-0.2, -0.15) is 0 Å². The maximum atomic E-state index is 5.84. The van der Waals surface area contributed by atoms with Crippen molar-refractivity contribution in [1.82, 2.24) is 4.90 Å². The number of nitrogens with two attached hydrogens (primary N) is 1. The number of benzene rings is 1. The lowest BCUT2D eigenvalue weighted by atomic mass is 10.0. The molecule has 0 fully saturated rings. The number of hydrogen-bond donors (Lipinski definition) is 1. The Labute approximate surface area is 104 Å². The molecule has 0 aliphatic carbocycles. The molecule has 0 amide bonds. The molecule has 0 aromatic heterocycles. The molecule has 2 N–H and O–H groups in total. The molecule has 0 bridgehead atoms. The summed E-state index contributed by atoms with van der Waals surface area (Å²) < 4.78 is 0. The van der Waals surface area contributed by atoms with Gasteiger partial charge in [0.2, 0.25) is 0 Å². The zero-order valence-electron chi connectivity index (χ0n) is 10.9. The molecule has 3 heteroatoms. The summed E-state index contributed by atoms with van der Waals surface area (Å²) in [5, 5.41) is 0. The third-order valence-corrected chi connectivity index (χ3v) is 3.35. The Morgan fingerprint density at radius 3 is 2.94 bits per heavy atom. The van der Waals surface area contributed by atoms with Gasteiger partial charge in [-0.3, -0.25) is 0 Å². The SMILES string of the molecule is CN(C)CCCN1CCCc2cc(N)ccc21. The van der Waals surface area contributed by atoms with Gasteiger partial charge in [-0.25, -0.2) is 0 Å². The first-order valence-electron chi connectivity index (χ1n) is 6.45. The lowest BCUT2D eigenvalue weighted by Crippen LogP contribution is -2.32. The van der Waals surface area contributed by atoms with Crippen LogP contribution < -0.4 is 10.6 Å². The van der Waals surface area contributed by atoms with Crippen molar-refractivity contribution in [2.45, 2.75) is 19.3 Å². The van der Waals surface area contributed by atoms with E-state index in [4.69, 9.17) is 5.73 Å². The molecular formula is C14H23N3. The predicted molar refractivity (Wildman–Crippen MR) is 74.6 cm³/mol. The maximum Gasteiger partial charge on any atom is 0.0400 e. The molecule has 1 aromatic rings. The summed E-state index contributed by atoms with van der Waals surface area (Å²) in [7, 11) is 4.26. The second-order valence-corrected chi connectivity index (χ2v) is 5.14. The molecule has 3 nitrogen and oxygen atoms in total. The van der Waals surface area contributed by atoms with E-state index in [1.54, 1.807) is 0 Å². The van der Waals surface area contributed by atoms with Crippen LogP contribution in [0.3, 0.4) is 0 Å². The molecule has 1 aromatic carbocycles. The number of anilines is 2. The van der Waals surface area contributed by atoms with E-state index < -0.39 is 0 Å². The molecule has 0 spiro atoms. The van der Waals surface area contributed by atoms with Crippen molar-refractivity contribution >= 4 is 11.4 Å². The predicted octanol–water partition coefficient (Wildman–Crippen LogP) is 1.97. The van der Waals surface area contributed by atoms with Gasteiger partial charge in [-0.15, -0.1) is 0 Å². The minimum atomic E-state index is 0.888. The average molecular weight is 233 g/mol. The largest absolute Gasteiger partial charge is 0.399 e. The Morgan fingerprint density at radius 2 is 2.18 bits per heavy atom. The van der Waals surface area contributed by atoms with E-state index in [1.807, 2.05) is 6.07 Å². The Morgan fingerprint density at radius 1 is 1.35 bits per heavy atom. The third-order valence-electron chi connectivity index (χ3n) is 3.35. The van der Waals surface area contributed by atoms with E-state index in [1.165, 1.54) is 37.1 Å². The van der Waals surface area contributed by atoms with Crippen LogP contribution >= 0.6 is 0 Å². The lowest BCUT2D eigenvalue weighted by molar-refractivity contribution is 0.399. The smallest absolute Gasteiger partial charge is 0.0400 e. The second-order valence-electron chi connectivity index (χ2n) is 5.14. The van der Waals surface area contributed by atoms with Gasteiger partial charge in [-0.1, -0.05) is 0 Å². The van der Waals surface area contributed by atoms with Crippen molar-refractivity contribution in [3.05, 3.63) is 23.8 Å². The van der Waals surface area contributed by atoms with Gasteiger partial charge in [-0.05, 0) is 63.7 Å². The standard InChI is InChI=1S/C14H23N3/c1-16(2)8-4-10-17-9-3-5-12-11-13(15)6-7-14(12)17/h6-7,11H,3-5,8-10,15H2,1-2H3. The van der Waals surface area contributed by atoms with Crippen LogP contribution in [0.4, 0.5) is 11.4 Å². The monoisotopic (exact) mass is 233 g/mol. The van der Waals surface area contributed by atoms with Crippen molar-refractivity contribution in [1.29, 1.82) is 0 Å². The Hall–Kier alpha value is -1.22. The van der Waals surface area contributed by atoms with Gasteiger partial charge in [0.25, 0.3) is 0 Å². The van der Waals surface area contributed by atoms with Crippen molar-refractivity contribution < 1.29 is 0 Å². The summed E-state index contributed by atoms with van der Waals surface area (Å²) in [6, 6.07) is 6.33. The average Bonchev–Trinajstić information content (AvgIpc) is 2.28. The molecule has 17 heavy (non-hydrogen) atoms. The van der Waals surface area contributed by atoms with Crippen LogP contribution in [-0.2, 0) is 6.42 Å². The molecule has 0 saturated carbocycles. The summed E-state index contributed by atoms with van der Waals surface area (Å²) in [5.41, 5.74) is 9.54. The summed E-state index contributed by atoms with van der Waals surface area (Å²) >= 11 is 0. The topological polar surface area (TPSA) is 32.5 Å². The molecule has 1 aliphatic rings. The second kappa shape index (κ2) is 5.41. The number of nitrogens with zero attached hydrogens (tertiary/aromatic N) is 2. The van der Waals surface area contributed by atoms with Gasteiger partial charge < -0.3 is 15.5 Å². The fourth-order valence-corrected chi connectivity index (χ4v) is 2.51. The van der Waals surface area contributed by atoms with Crippen LogP contribution in [0.2, 0.25) is 0 Å². The lowest BCUT2D eigenvalue weighted by Gasteiger charge is -2.31. The molecule has 94 valence electrons. The van der Waals surface area contributed by atoms with Crippen molar-refractivity contribution in [3.8, 4) is 0 Å². The normalized spacial score (nSPS) is 15.1. The van der Waals surface area contributed by atoms with Gasteiger partial charge >= 0.3 is 0 Å². The van der Waals surface area contributed by atoms with Crippen LogP contribution in [0, 0.1) is 0 Å². The first-order chi connectivity index (χ1) is 8.16. The zero-order chi connectivity index (χ0) is 12.3. The van der Waals surface area contributed by atoms with E-state index in [9.17, 15) is 0 Å². The first-order valence-corrected chi connectivity index (χ1v) is 6.45. The number of rotatable bonds is 4. The van der Waals surface area contributed by atoms with E-state index in [-0.39, 0.29) is 0 Å². The molecule has 0 atom stereocenters. The zero-order valence-corrected chi connectivity index (χ0v) is 10.9.